The van der Waals surface area contributed by atoms with Crippen LogP contribution in [0, 0.1) is 5.92 Å². The molecule has 148 valence electrons. The van der Waals surface area contributed by atoms with Crippen LogP contribution < -0.4 is 0 Å². The van der Waals surface area contributed by atoms with Gasteiger partial charge in [-0.1, -0.05) is 32.0 Å². The number of imidazole rings is 1. The smallest absolute Gasteiger partial charge is 0.256 e. The van der Waals surface area contributed by atoms with Gasteiger partial charge in [0.2, 0.25) is 0 Å². The van der Waals surface area contributed by atoms with Crippen molar-refractivity contribution in [3.63, 3.8) is 0 Å². The van der Waals surface area contributed by atoms with Gasteiger partial charge in [0.15, 0.2) is 0 Å². The van der Waals surface area contributed by atoms with Crippen molar-refractivity contribution < 1.29 is 4.79 Å². The van der Waals surface area contributed by atoms with Gasteiger partial charge in [0, 0.05) is 48.8 Å². The zero-order valence-electron chi connectivity index (χ0n) is 16.8. The summed E-state index contributed by atoms with van der Waals surface area (Å²) >= 11 is 0. The third kappa shape index (κ3) is 3.09. The van der Waals surface area contributed by atoms with Crippen molar-refractivity contribution in [1.82, 2.24) is 24.4 Å². The van der Waals surface area contributed by atoms with Gasteiger partial charge in [-0.2, -0.15) is 0 Å². The van der Waals surface area contributed by atoms with Crippen LogP contribution >= 0.6 is 0 Å². The van der Waals surface area contributed by atoms with Crippen LogP contribution in [-0.4, -0.2) is 43.4 Å². The quantitative estimate of drug-likeness (QED) is 0.571. The van der Waals surface area contributed by atoms with Crippen LogP contribution in [0.25, 0.3) is 21.9 Å². The fourth-order valence-electron chi connectivity index (χ4n) is 4.43. The highest BCUT2D eigenvalue weighted by molar-refractivity contribution is 6.06. The number of para-hydroxylation sites is 1. The first-order chi connectivity index (χ1) is 14.1. The van der Waals surface area contributed by atoms with Crippen molar-refractivity contribution in [2.24, 2.45) is 5.92 Å². The highest BCUT2D eigenvalue weighted by Gasteiger charge is 2.32. The van der Waals surface area contributed by atoms with Crippen molar-refractivity contribution in [2.45, 2.75) is 32.7 Å². The Bertz CT molecular complexity index is 1190. The van der Waals surface area contributed by atoms with E-state index < -0.39 is 0 Å². The molecule has 0 bridgehead atoms. The number of pyridine rings is 1. The third-order valence-electron chi connectivity index (χ3n) is 5.79. The molecular formula is C23H25N5O. The van der Waals surface area contributed by atoms with Gasteiger partial charge in [0.25, 0.3) is 5.91 Å². The van der Waals surface area contributed by atoms with Gasteiger partial charge < -0.3 is 14.5 Å². The van der Waals surface area contributed by atoms with Gasteiger partial charge in [-0.25, -0.2) is 4.98 Å². The fraction of sp³-hybridized carbons (Fsp3) is 0.348. The minimum Gasteiger partial charge on any atom is -0.360 e. The number of hydrogen-bond donors (Lipinski definition) is 1. The van der Waals surface area contributed by atoms with E-state index in [1.807, 2.05) is 47.6 Å². The molecule has 1 N–H and O–H groups in total. The molecule has 3 aromatic heterocycles. The fourth-order valence-corrected chi connectivity index (χ4v) is 4.43. The first-order valence-electron chi connectivity index (χ1n) is 10.3. The van der Waals surface area contributed by atoms with Gasteiger partial charge in [-0.05, 0) is 24.5 Å². The maximum Gasteiger partial charge on any atom is 0.256 e. The average Bonchev–Trinajstić information content (AvgIpc) is 3.44. The molecule has 4 aromatic rings. The second-order valence-corrected chi connectivity index (χ2v) is 8.32. The lowest BCUT2D eigenvalue weighted by molar-refractivity contribution is 0.0792. The van der Waals surface area contributed by atoms with Crippen molar-refractivity contribution >= 4 is 27.8 Å². The lowest BCUT2D eigenvalue weighted by Crippen LogP contribution is -2.28. The molecule has 6 heteroatoms. The number of nitrogens with zero attached hydrogens (tertiary/aromatic N) is 4. The van der Waals surface area contributed by atoms with E-state index in [-0.39, 0.29) is 11.8 Å². The molecule has 0 spiro atoms. The van der Waals surface area contributed by atoms with Crippen LogP contribution in [0.2, 0.25) is 0 Å². The summed E-state index contributed by atoms with van der Waals surface area (Å²) in [6, 6.07) is 9.93. The van der Waals surface area contributed by atoms with Crippen molar-refractivity contribution in [3.8, 4) is 0 Å². The summed E-state index contributed by atoms with van der Waals surface area (Å²) in [6.45, 7) is 6.80. The number of carbonyl (C=O) groups excluding carboxylic acids is 1. The molecule has 1 fully saturated rings. The number of benzene rings is 1. The number of amides is 1. The summed E-state index contributed by atoms with van der Waals surface area (Å²) in [6.07, 6.45) is 6.46. The predicted molar refractivity (Wildman–Crippen MR) is 114 cm³/mol. The molecule has 0 aliphatic carbocycles. The predicted octanol–water partition coefficient (Wildman–Crippen LogP) is 4.20. The number of fused-ring (bicyclic) bond motifs is 2. The first-order valence-corrected chi connectivity index (χ1v) is 10.3. The molecule has 1 saturated heterocycles. The number of carbonyl (C=O) groups is 1. The molecule has 0 saturated carbocycles. The van der Waals surface area contributed by atoms with Crippen LogP contribution in [0.5, 0.6) is 0 Å². The van der Waals surface area contributed by atoms with Crippen molar-refractivity contribution in [1.29, 1.82) is 0 Å². The SMILES string of the molecule is CC(C)Cn1c([C@@H]2CCN(C(=O)c3c[nH]c4ccccc34)C2)nc2ccncc21. The standard InChI is InChI=1S/C23H25N5O/c1-15(2)13-28-21-12-24-9-7-20(21)26-22(28)16-8-10-27(14-16)23(29)18-11-25-19-6-4-3-5-17(18)19/h3-7,9,11-12,15-16,25H,8,10,13-14H2,1-2H3/t16-/m1/s1. The maximum absolute atomic E-state index is 13.2. The van der Waals surface area contributed by atoms with Gasteiger partial charge in [-0.15, -0.1) is 0 Å². The molecular weight excluding hydrogens is 362 g/mol. The third-order valence-corrected chi connectivity index (χ3v) is 5.79. The molecule has 1 atom stereocenters. The molecule has 5 rings (SSSR count). The number of likely N-dealkylation sites (tertiary alicyclic amines) is 1. The van der Waals surface area contributed by atoms with E-state index in [0.717, 1.165) is 52.8 Å². The monoisotopic (exact) mass is 387 g/mol. The normalized spacial score (nSPS) is 17.1. The molecule has 1 aromatic carbocycles. The molecule has 6 nitrogen and oxygen atoms in total. The molecule has 1 aliphatic heterocycles. The Morgan fingerprint density at radius 2 is 2.14 bits per heavy atom. The first kappa shape index (κ1) is 17.9. The zero-order valence-corrected chi connectivity index (χ0v) is 16.8. The van der Waals surface area contributed by atoms with Gasteiger partial charge in [0.05, 0.1) is 22.8 Å². The zero-order chi connectivity index (χ0) is 20.0. The summed E-state index contributed by atoms with van der Waals surface area (Å²) in [5, 5.41) is 0.985. The van der Waals surface area contributed by atoms with Crippen LogP contribution in [0.3, 0.4) is 0 Å². The van der Waals surface area contributed by atoms with Crippen LogP contribution in [-0.2, 0) is 6.54 Å². The number of aromatic nitrogens is 4. The summed E-state index contributed by atoms with van der Waals surface area (Å²) in [5.74, 6) is 1.93. The number of hydrogen-bond acceptors (Lipinski definition) is 3. The molecule has 1 amide bonds. The number of rotatable bonds is 4. The van der Waals surface area contributed by atoms with E-state index in [9.17, 15) is 4.79 Å². The molecule has 0 radical (unpaired) electrons. The van der Waals surface area contributed by atoms with Gasteiger partial charge in [0.1, 0.15) is 5.82 Å². The van der Waals surface area contributed by atoms with E-state index in [1.54, 1.807) is 6.20 Å². The van der Waals surface area contributed by atoms with Crippen LogP contribution in [0.15, 0.2) is 48.9 Å². The topological polar surface area (TPSA) is 66.8 Å². The minimum absolute atomic E-state index is 0.0955. The van der Waals surface area contributed by atoms with Crippen LogP contribution in [0.4, 0.5) is 0 Å². The molecule has 0 unspecified atom stereocenters. The van der Waals surface area contributed by atoms with E-state index in [2.05, 4.69) is 28.4 Å². The summed E-state index contributed by atoms with van der Waals surface area (Å²) < 4.78 is 2.30. The molecule has 1 aliphatic rings. The Hall–Kier alpha value is -3.15. The number of aromatic amines is 1. The van der Waals surface area contributed by atoms with E-state index in [1.165, 1.54) is 0 Å². The highest BCUT2D eigenvalue weighted by Crippen LogP contribution is 2.31. The number of nitrogens with one attached hydrogen (secondary N) is 1. The van der Waals surface area contributed by atoms with E-state index in [0.29, 0.717) is 12.5 Å². The van der Waals surface area contributed by atoms with Gasteiger partial charge in [-0.3, -0.25) is 9.78 Å². The average molecular weight is 387 g/mol. The summed E-state index contributed by atoms with van der Waals surface area (Å²) in [5.41, 5.74) is 3.81. The second-order valence-electron chi connectivity index (χ2n) is 8.32. The summed E-state index contributed by atoms with van der Waals surface area (Å²) in [7, 11) is 0. The Morgan fingerprint density at radius 1 is 1.28 bits per heavy atom. The summed E-state index contributed by atoms with van der Waals surface area (Å²) in [4.78, 5) is 27.6. The van der Waals surface area contributed by atoms with Gasteiger partial charge >= 0.3 is 0 Å². The molecule has 4 heterocycles. The maximum atomic E-state index is 13.2. The Balaban J connectivity index is 1.44. The van der Waals surface area contributed by atoms with Crippen LogP contribution in [0.1, 0.15) is 42.4 Å². The second kappa shape index (κ2) is 7.03. The Labute approximate surface area is 169 Å². The van der Waals surface area contributed by atoms with Crippen molar-refractivity contribution in [2.75, 3.05) is 13.1 Å². The Kier molecular flexibility index (Phi) is 4.34. The minimum atomic E-state index is 0.0955. The molecule has 29 heavy (non-hydrogen) atoms. The lowest BCUT2D eigenvalue weighted by atomic mass is 10.1. The highest BCUT2D eigenvalue weighted by atomic mass is 16.2. The van der Waals surface area contributed by atoms with E-state index >= 15 is 0 Å². The van der Waals surface area contributed by atoms with Crippen molar-refractivity contribution in [3.05, 3.63) is 60.3 Å². The van der Waals surface area contributed by atoms with E-state index in [4.69, 9.17) is 4.98 Å². The number of H-pyrrole nitrogens is 1. The largest absolute Gasteiger partial charge is 0.360 e. The lowest BCUT2D eigenvalue weighted by Gasteiger charge is -2.18. The Morgan fingerprint density at radius 3 is 3.00 bits per heavy atom.